The largest absolute Gasteiger partial charge is 0.416 e. The average Bonchev–Trinajstić information content (AvgIpc) is 3.82. The number of aryl methyl sites for hydroxylation is 2. The van der Waals surface area contributed by atoms with Gasteiger partial charge in [0.2, 0.25) is 20.0 Å². The molecule has 2 aliphatic carbocycles. The van der Waals surface area contributed by atoms with Crippen LogP contribution >= 0.6 is 0 Å². The molecule has 4 aromatic rings. The van der Waals surface area contributed by atoms with Crippen LogP contribution in [-0.4, -0.2) is 40.1 Å². The number of aliphatic hydroxyl groups excluding tert-OH is 1. The van der Waals surface area contributed by atoms with Gasteiger partial charge in [0.15, 0.2) is 11.6 Å². The Bertz CT molecular complexity index is 2530. The van der Waals surface area contributed by atoms with E-state index < -0.39 is 101 Å². The minimum atomic E-state index is -5.17. The molecule has 6 rings (SSSR count). The van der Waals surface area contributed by atoms with Gasteiger partial charge in [0.1, 0.15) is 6.61 Å². The lowest BCUT2D eigenvalue weighted by Crippen LogP contribution is -2.28. The first-order valence-electron chi connectivity index (χ1n) is 19.3. The molecule has 356 valence electrons. The van der Waals surface area contributed by atoms with Gasteiger partial charge in [-0.25, -0.2) is 26.3 Å². The molecule has 0 saturated carbocycles. The van der Waals surface area contributed by atoms with Crippen molar-refractivity contribution in [2.75, 3.05) is 6.61 Å². The Hall–Kier alpha value is -5.36. The maximum atomic E-state index is 13.1. The van der Waals surface area contributed by atoms with Gasteiger partial charge in [-0.3, -0.25) is 9.59 Å². The Labute approximate surface area is 369 Å². The third-order valence-electron chi connectivity index (χ3n) is 10.3. The molecule has 2 atom stereocenters. The van der Waals surface area contributed by atoms with E-state index in [4.69, 9.17) is 5.11 Å². The van der Waals surface area contributed by atoms with Crippen LogP contribution in [0, 0.1) is 0 Å². The van der Waals surface area contributed by atoms with Crippen LogP contribution in [0.25, 0.3) is 12.2 Å². The number of allylic oxidation sites excluding steroid dienone is 1. The fraction of sp³-hybridized carbons (Fsp3) is 0.302. The van der Waals surface area contributed by atoms with E-state index in [0.29, 0.717) is 47.1 Å². The maximum Gasteiger partial charge on any atom is 0.416 e. The van der Waals surface area contributed by atoms with E-state index in [1.54, 1.807) is 49.4 Å². The van der Waals surface area contributed by atoms with E-state index in [2.05, 4.69) is 9.44 Å². The van der Waals surface area contributed by atoms with Gasteiger partial charge < -0.3 is 5.11 Å². The Morgan fingerprint density at radius 1 is 0.561 bits per heavy atom. The predicted octanol–water partition coefficient (Wildman–Crippen LogP) is 9.95. The van der Waals surface area contributed by atoms with Crippen molar-refractivity contribution in [2.24, 2.45) is 0 Å². The molecule has 23 heteroatoms. The number of hydrogen-bond acceptors (Lipinski definition) is 7. The summed E-state index contributed by atoms with van der Waals surface area (Å²) in [6.07, 6.45) is -13.3. The average molecular weight is 985 g/mol. The summed E-state index contributed by atoms with van der Waals surface area (Å²) >= 11 is 0. The molecule has 0 aromatic heterocycles. The second kappa shape index (κ2) is 19.5. The summed E-state index contributed by atoms with van der Waals surface area (Å²) in [6, 6.07) is 8.61. The smallest absolute Gasteiger partial charge is 0.388 e. The molecule has 3 N–H and O–H groups in total. The monoisotopic (exact) mass is 984 g/mol. The standard InChI is InChI=1S/C22H19F6NO3S.C21H17F6NO4S/c1-2-17(30)6-3-13-4-7-19-14(9-13)5-8-20(19)29-33(31,32)18-11-15(21(23,24)25)10-16(12-18)22(26,27)28;22-20(23,24)14-8-15(21(25,26)27)10-17(9-14)33(31,32)28-19-6-3-13-7-12(2-5-18(13)19)1-4-16(30)11-29/h3-4,6-7,9-12,20,29H,2,5,8H2,1H3;1-2,4-5,7-10,19,28-29H,3,6,11H2/b6-3+;4-1+. The van der Waals surface area contributed by atoms with Crippen molar-refractivity contribution >= 4 is 43.8 Å². The van der Waals surface area contributed by atoms with Crippen LogP contribution < -0.4 is 9.44 Å². The zero-order valence-electron chi connectivity index (χ0n) is 33.9. The predicted molar refractivity (Wildman–Crippen MR) is 214 cm³/mol. The fourth-order valence-electron chi connectivity index (χ4n) is 6.95. The molecule has 9 nitrogen and oxygen atoms in total. The zero-order chi connectivity index (χ0) is 49.2. The first kappa shape index (κ1) is 51.6. The van der Waals surface area contributed by atoms with E-state index >= 15 is 0 Å². The molecule has 0 amide bonds. The van der Waals surface area contributed by atoms with Crippen LogP contribution in [0.4, 0.5) is 52.7 Å². The highest BCUT2D eigenvalue weighted by Gasteiger charge is 2.41. The van der Waals surface area contributed by atoms with Crippen molar-refractivity contribution in [3.8, 4) is 0 Å². The summed E-state index contributed by atoms with van der Waals surface area (Å²) in [6.45, 7) is 1.06. The molecule has 0 aliphatic heterocycles. The summed E-state index contributed by atoms with van der Waals surface area (Å²) in [7, 11) is -9.42. The van der Waals surface area contributed by atoms with Crippen LogP contribution in [0.15, 0.2) is 94.7 Å². The molecule has 2 unspecified atom stereocenters. The number of benzene rings is 4. The molecule has 2 aliphatic rings. The van der Waals surface area contributed by atoms with Crippen molar-refractivity contribution in [3.05, 3.63) is 141 Å². The van der Waals surface area contributed by atoms with Gasteiger partial charge >= 0.3 is 24.7 Å². The lowest BCUT2D eigenvalue weighted by atomic mass is 10.0. The number of rotatable bonds is 12. The van der Waals surface area contributed by atoms with Crippen LogP contribution in [0.5, 0.6) is 0 Å². The number of carbonyl (C=O) groups is 2. The highest BCUT2D eigenvalue weighted by molar-refractivity contribution is 7.89. The van der Waals surface area contributed by atoms with Crippen molar-refractivity contribution in [2.45, 2.75) is 85.6 Å². The van der Waals surface area contributed by atoms with E-state index in [1.165, 1.54) is 18.2 Å². The number of alkyl halides is 12. The maximum absolute atomic E-state index is 13.1. The molecule has 0 saturated heterocycles. The molecule has 0 spiro atoms. The third-order valence-corrected chi connectivity index (χ3v) is 13.2. The van der Waals surface area contributed by atoms with Crippen molar-refractivity contribution in [3.63, 3.8) is 0 Å². The Balaban J connectivity index is 0.000000247. The molecule has 0 fully saturated rings. The van der Waals surface area contributed by atoms with Crippen molar-refractivity contribution < 1.29 is 84.2 Å². The number of fused-ring (bicyclic) bond motifs is 2. The van der Waals surface area contributed by atoms with E-state index in [1.807, 2.05) is 0 Å². The Morgan fingerprint density at radius 2 is 0.894 bits per heavy atom. The molecule has 0 radical (unpaired) electrons. The topological polar surface area (TPSA) is 147 Å². The van der Waals surface area contributed by atoms with Crippen LogP contribution in [0.2, 0.25) is 0 Å². The first-order valence-corrected chi connectivity index (χ1v) is 22.3. The zero-order valence-corrected chi connectivity index (χ0v) is 35.5. The number of nitrogens with one attached hydrogen (secondary N) is 2. The molecule has 4 aromatic carbocycles. The number of aliphatic hydroxyl groups is 1. The highest BCUT2D eigenvalue weighted by Crippen LogP contribution is 2.41. The summed E-state index contributed by atoms with van der Waals surface area (Å²) < 4.78 is 212. The molecule has 0 bridgehead atoms. The first-order chi connectivity index (χ1) is 30.4. The van der Waals surface area contributed by atoms with Crippen molar-refractivity contribution in [1.29, 1.82) is 0 Å². The molecule has 0 heterocycles. The Kier molecular flexibility index (Phi) is 15.2. The van der Waals surface area contributed by atoms with Crippen LogP contribution in [0.3, 0.4) is 0 Å². The number of ketones is 2. The van der Waals surface area contributed by atoms with E-state index in [9.17, 15) is 79.1 Å². The quantitative estimate of drug-likeness (QED) is 0.0946. The normalized spacial score (nSPS) is 16.9. The van der Waals surface area contributed by atoms with E-state index in [-0.39, 0.29) is 55.0 Å². The van der Waals surface area contributed by atoms with Crippen LogP contribution in [0.1, 0.15) is 93.9 Å². The van der Waals surface area contributed by atoms with Gasteiger partial charge in [0.05, 0.1) is 32.0 Å². The summed E-state index contributed by atoms with van der Waals surface area (Å²) in [5.41, 5.74) is -2.97. The third kappa shape index (κ3) is 13.0. The van der Waals surface area contributed by atoms with Crippen molar-refractivity contribution in [1.82, 2.24) is 9.44 Å². The van der Waals surface area contributed by atoms with Gasteiger partial charge in [0.25, 0.3) is 0 Å². The highest BCUT2D eigenvalue weighted by atomic mass is 32.2. The van der Waals surface area contributed by atoms with Gasteiger partial charge in [-0.05, 0) is 108 Å². The van der Waals surface area contributed by atoms with E-state index in [0.717, 1.165) is 5.56 Å². The number of halogens is 12. The summed E-state index contributed by atoms with van der Waals surface area (Å²) in [4.78, 5) is 20.4. The fourth-order valence-corrected chi connectivity index (χ4v) is 9.59. The lowest BCUT2D eigenvalue weighted by Gasteiger charge is -2.17. The van der Waals surface area contributed by atoms with Crippen LogP contribution in [-0.2, 0) is 67.2 Å². The molecular weight excluding hydrogens is 949 g/mol. The lowest BCUT2D eigenvalue weighted by molar-refractivity contribution is -0.145. The minimum Gasteiger partial charge on any atom is -0.388 e. The number of carbonyl (C=O) groups excluding carboxylic acids is 2. The number of sulfonamides is 2. The van der Waals surface area contributed by atoms with Gasteiger partial charge in [-0.1, -0.05) is 55.5 Å². The molecular formula is C43H36F12N2O7S2. The Morgan fingerprint density at radius 3 is 1.20 bits per heavy atom. The second-order valence-electron chi connectivity index (χ2n) is 14.9. The van der Waals surface area contributed by atoms with Gasteiger partial charge in [-0.15, -0.1) is 0 Å². The number of hydrogen-bond donors (Lipinski definition) is 3. The minimum absolute atomic E-state index is 0.0690. The SMILES string of the molecule is CCC(=O)/C=C/c1ccc2c(c1)CCC2NS(=O)(=O)c1cc(C(F)(F)F)cc(C(F)(F)F)c1.O=C(/C=C/c1ccc2c(c1)CCC2NS(=O)(=O)c1cc(C(F)(F)F)cc(C(F)(F)F)c1)CO. The summed E-state index contributed by atoms with van der Waals surface area (Å²) in [5, 5.41) is 8.74. The summed E-state index contributed by atoms with van der Waals surface area (Å²) in [5.74, 6) is -0.583. The van der Waals surface area contributed by atoms with Gasteiger partial charge in [0, 0.05) is 18.5 Å². The van der Waals surface area contributed by atoms with Gasteiger partial charge in [-0.2, -0.15) is 52.7 Å². The molecule has 66 heavy (non-hydrogen) atoms. The second-order valence-corrected chi connectivity index (χ2v) is 18.4.